The number of rotatable bonds is 7. The van der Waals surface area contributed by atoms with E-state index < -0.39 is 0 Å². The van der Waals surface area contributed by atoms with Gasteiger partial charge in [-0.05, 0) is 44.4 Å². The number of para-hydroxylation sites is 1. The van der Waals surface area contributed by atoms with Crippen LogP contribution in [0.25, 0.3) is 11.0 Å². The molecule has 1 N–H and O–H groups in total. The Bertz CT molecular complexity index is 879. The maximum atomic E-state index is 12.0. The summed E-state index contributed by atoms with van der Waals surface area (Å²) in [7, 11) is 1.93. The molecule has 0 radical (unpaired) electrons. The lowest BCUT2D eigenvalue weighted by Gasteiger charge is -2.06. The fourth-order valence-electron chi connectivity index (χ4n) is 3.05. The zero-order chi connectivity index (χ0) is 17.8. The minimum atomic E-state index is 0.0751. The van der Waals surface area contributed by atoms with Gasteiger partial charge in [0, 0.05) is 32.3 Å². The monoisotopic (exact) mass is 340 g/mol. The van der Waals surface area contributed by atoms with Crippen molar-refractivity contribution in [3.05, 3.63) is 41.2 Å². The Morgan fingerprint density at radius 1 is 1.24 bits per heavy atom. The standard InChI is InChI=1S/C18H24N6O/c1-13-15(14(2)23(3)21-13)9-10-18(25)19-11-6-12-24-17-8-5-4-7-16(17)20-22-24/h4-5,7-8H,6,9-12H2,1-3H3,(H,19,25). The lowest BCUT2D eigenvalue weighted by atomic mass is 10.1. The summed E-state index contributed by atoms with van der Waals surface area (Å²) in [5, 5.41) is 15.7. The van der Waals surface area contributed by atoms with Gasteiger partial charge in [0.25, 0.3) is 0 Å². The number of aryl methyl sites for hydroxylation is 3. The number of fused-ring (bicyclic) bond motifs is 1. The quantitative estimate of drug-likeness (QED) is 0.667. The fraction of sp³-hybridized carbons (Fsp3) is 0.444. The summed E-state index contributed by atoms with van der Waals surface area (Å²) < 4.78 is 3.74. The molecule has 1 aromatic carbocycles. The van der Waals surface area contributed by atoms with Gasteiger partial charge >= 0.3 is 0 Å². The van der Waals surface area contributed by atoms with Crippen LogP contribution in [0.3, 0.4) is 0 Å². The summed E-state index contributed by atoms with van der Waals surface area (Å²) >= 11 is 0. The highest BCUT2D eigenvalue weighted by Gasteiger charge is 2.11. The highest BCUT2D eigenvalue weighted by atomic mass is 16.1. The Morgan fingerprint density at radius 2 is 2.04 bits per heavy atom. The Hall–Kier alpha value is -2.70. The number of nitrogens with one attached hydrogen (secondary N) is 1. The van der Waals surface area contributed by atoms with E-state index in [1.54, 1.807) is 0 Å². The summed E-state index contributed by atoms with van der Waals surface area (Å²) in [4.78, 5) is 12.0. The van der Waals surface area contributed by atoms with Crippen molar-refractivity contribution in [2.45, 2.75) is 39.7 Å². The van der Waals surface area contributed by atoms with Gasteiger partial charge in [-0.15, -0.1) is 5.10 Å². The molecule has 3 rings (SSSR count). The third-order valence-corrected chi connectivity index (χ3v) is 4.55. The molecule has 0 atom stereocenters. The first-order chi connectivity index (χ1) is 12.1. The zero-order valence-corrected chi connectivity index (χ0v) is 15.0. The van der Waals surface area contributed by atoms with Crippen molar-refractivity contribution in [2.24, 2.45) is 7.05 Å². The molecule has 1 amide bonds. The van der Waals surface area contributed by atoms with E-state index in [9.17, 15) is 4.79 Å². The Labute approximate surface area is 147 Å². The average Bonchev–Trinajstić information content (AvgIpc) is 3.11. The van der Waals surface area contributed by atoms with E-state index in [1.807, 2.05) is 54.5 Å². The van der Waals surface area contributed by atoms with Crippen molar-refractivity contribution in [3.8, 4) is 0 Å². The van der Waals surface area contributed by atoms with Crippen molar-refractivity contribution in [3.63, 3.8) is 0 Å². The van der Waals surface area contributed by atoms with Crippen LogP contribution >= 0.6 is 0 Å². The summed E-state index contributed by atoms with van der Waals surface area (Å²) in [6, 6.07) is 7.88. The molecule has 0 unspecified atom stereocenters. The molecule has 0 aliphatic heterocycles. The third kappa shape index (κ3) is 3.87. The largest absolute Gasteiger partial charge is 0.356 e. The van der Waals surface area contributed by atoms with Gasteiger partial charge in [-0.3, -0.25) is 9.48 Å². The summed E-state index contributed by atoms with van der Waals surface area (Å²) in [5.74, 6) is 0.0751. The van der Waals surface area contributed by atoms with Crippen LogP contribution in [0.15, 0.2) is 24.3 Å². The molecule has 0 aliphatic rings. The number of carbonyl (C=O) groups is 1. The smallest absolute Gasteiger partial charge is 0.220 e. The summed E-state index contributed by atoms with van der Waals surface area (Å²) in [6.07, 6.45) is 2.04. The average molecular weight is 340 g/mol. The van der Waals surface area contributed by atoms with E-state index >= 15 is 0 Å². The van der Waals surface area contributed by atoms with Crippen LogP contribution in [-0.4, -0.2) is 37.2 Å². The predicted molar refractivity (Wildman–Crippen MR) is 96.2 cm³/mol. The normalized spacial score (nSPS) is 11.2. The van der Waals surface area contributed by atoms with Crippen LogP contribution in [0.5, 0.6) is 0 Å². The van der Waals surface area contributed by atoms with Gasteiger partial charge in [-0.2, -0.15) is 5.10 Å². The molecule has 2 heterocycles. The van der Waals surface area contributed by atoms with E-state index in [2.05, 4.69) is 20.7 Å². The van der Waals surface area contributed by atoms with E-state index in [0.29, 0.717) is 13.0 Å². The first-order valence-electron chi connectivity index (χ1n) is 8.60. The van der Waals surface area contributed by atoms with Crippen molar-refractivity contribution >= 4 is 16.9 Å². The molecular formula is C18H24N6O. The molecule has 132 valence electrons. The number of amides is 1. The zero-order valence-electron chi connectivity index (χ0n) is 15.0. The van der Waals surface area contributed by atoms with Gasteiger partial charge in [-0.25, -0.2) is 4.68 Å². The van der Waals surface area contributed by atoms with Crippen LogP contribution in [0.1, 0.15) is 29.8 Å². The second kappa shape index (κ2) is 7.46. The minimum Gasteiger partial charge on any atom is -0.356 e. The SMILES string of the molecule is Cc1nn(C)c(C)c1CCC(=O)NCCCn1nnc2ccccc21. The number of carbonyl (C=O) groups excluding carboxylic acids is 1. The van der Waals surface area contributed by atoms with Crippen LogP contribution in [0, 0.1) is 13.8 Å². The topological polar surface area (TPSA) is 77.6 Å². The molecular weight excluding hydrogens is 316 g/mol. The maximum Gasteiger partial charge on any atom is 0.220 e. The van der Waals surface area contributed by atoms with Gasteiger partial charge in [0.05, 0.1) is 11.2 Å². The lowest BCUT2D eigenvalue weighted by molar-refractivity contribution is -0.121. The second-order valence-corrected chi connectivity index (χ2v) is 6.28. The Morgan fingerprint density at radius 3 is 2.80 bits per heavy atom. The molecule has 3 aromatic rings. The molecule has 0 aliphatic carbocycles. The highest BCUT2D eigenvalue weighted by molar-refractivity contribution is 5.76. The number of hydrogen-bond donors (Lipinski definition) is 1. The van der Waals surface area contributed by atoms with Crippen molar-refractivity contribution in [2.75, 3.05) is 6.54 Å². The van der Waals surface area contributed by atoms with E-state index in [0.717, 1.165) is 41.8 Å². The molecule has 7 heteroatoms. The van der Waals surface area contributed by atoms with Crippen LogP contribution in [0.4, 0.5) is 0 Å². The Kier molecular flexibility index (Phi) is 5.11. The predicted octanol–water partition coefficient (Wildman–Crippen LogP) is 1.92. The van der Waals surface area contributed by atoms with Crippen molar-refractivity contribution in [1.82, 2.24) is 30.1 Å². The number of hydrogen-bond acceptors (Lipinski definition) is 4. The molecule has 25 heavy (non-hydrogen) atoms. The van der Waals surface area contributed by atoms with Crippen LogP contribution < -0.4 is 5.32 Å². The molecule has 0 spiro atoms. The van der Waals surface area contributed by atoms with E-state index in [1.165, 1.54) is 5.56 Å². The van der Waals surface area contributed by atoms with Crippen LogP contribution in [0.2, 0.25) is 0 Å². The van der Waals surface area contributed by atoms with Gasteiger partial charge in [0.1, 0.15) is 5.52 Å². The molecule has 7 nitrogen and oxygen atoms in total. The molecule has 0 fully saturated rings. The molecule has 0 bridgehead atoms. The highest BCUT2D eigenvalue weighted by Crippen LogP contribution is 2.14. The van der Waals surface area contributed by atoms with Crippen molar-refractivity contribution < 1.29 is 4.79 Å². The molecule has 0 saturated heterocycles. The first kappa shape index (κ1) is 17.1. The minimum absolute atomic E-state index is 0.0751. The molecule has 0 saturated carbocycles. The fourth-order valence-corrected chi connectivity index (χ4v) is 3.05. The number of benzene rings is 1. The van der Waals surface area contributed by atoms with Crippen LogP contribution in [-0.2, 0) is 24.8 Å². The number of aromatic nitrogens is 5. The second-order valence-electron chi connectivity index (χ2n) is 6.28. The van der Waals surface area contributed by atoms with Crippen molar-refractivity contribution in [1.29, 1.82) is 0 Å². The Balaban J connectivity index is 1.42. The van der Waals surface area contributed by atoms with Gasteiger partial charge < -0.3 is 5.32 Å². The van der Waals surface area contributed by atoms with E-state index in [-0.39, 0.29) is 5.91 Å². The van der Waals surface area contributed by atoms with Gasteiger partial charge in [0.2, 0.25) is 5.91 Å². The summed E-state index contributed by atoms with van der Waals surface area (Å²) in [5.41, 5.74) is 5.23. The number of nitrogens with zero attached hydrogens (tertiary/aromatic N) is 5. The maximum absolute atomic E-state index is 12.0. The first-order valence-corrected chi connectivity index (χ1v) is 8.60. The summed E-state index contributed by atoms with van der Waals surface area (Å²) in [6.45, 7) is 5.40. The van der Waals surface area contributed by atoms with Gasteiger partial charge in [0.15, 0.2) is 0 Å². The third-order valence-electron chi connectivity index (χ3n) is 4.55. The van der Waals surface area contributed by atoms with E-state index in [4.69, 9.17) is 0 Å². The lowest BCUT2D eigenvalue weighted by Crippen LogP contribution is -2.25. The van der Waals surface area contributed by atoms with Gasteiger partial charge in [-0.1, -0.05) is 17.3 Å². The molecule has 2 aromatic heterocycles.